The van der Waals surface area contributed by atoms with Crippen LogP contribution in [0.4, 0.5) is 13.2 Å². The molecule has 156 valence electrons. The minimum absolute atomic E-state index is 0.110. The molecule has 1 aliphatic rings. The minimum Gasteiger partial charge on any atom is -0.381 e. The van der Waals surface area contributed by atoms with Crippen molar-refractivity contribution in [3.05, 3.63) is 57.6 Å². The molecule has 0 aliphatic carbocycles. The Bertz CT molecular complexity index is 857. The zero-order valence-corrected chi connectivity index (χ0v) is 16.7. The molecular weight excluding hydrogens is 430 g/mol. The molecule has 0 saturated carbocycles. The molecule has 1 atom stereocenters. The summed E-state index contributed by atoms with van der Waals surface area (Å²) in [6.45, 7) is 1.30. The van der Waals surface area contributed by atoms with E-state index in [0.717, 1.165) is 12.8 Å². The van der Waals surface area contributed by atoms with Crippen molar-refractivity contribution in [2.75, 3.05) is 19.8 Å². The number of alkyl halides is 3. The minimum atomic E-state index is -4.61. The molecule has 5 nitrogen and oxygen atoms in total. The van der Waals surface area contributed by atoms with Crippen LogP contribution in [0.3, 0.4) is 0 Å². The molecule has 1 aromatic heterocycles. The topological polar surface area (TPSA) is 64.1 Å². The smallest absolute Gasteiger partial charge is 0.381 e. The summed E-state index contributed by atoms with van der Waals surface area (Å²) in [5.74, 6) is -1.76. The summed E-state index contributed by atoms with van der Waals surface area (Å²) in [7, 11) is 0. The normalized spacial score (nSPS) is 16.4. The van der Waals surface area contributed by atoms with Gasteiger partial charge in [0, 0.05) is 38.1 Å². The Hall–Kier alpha value is -1.90. The van der Waals surface area contributed by atoms with Gasteiger partial charge >= 0.3 is 6.18 Å². The monoisotopic (exact) mass is 447 g/mol. The van der Waals surface area contributed by atoms with Crippen LogP contribution in [0.1, 0.15) is 40.5 Å². The molecule has 1 amide bonds. The van der Waals surface area contributed by atoms with Crippen LogP contribution in [-0.4, -0.2) is 35.6 Å². The second-order valence-electron chi connectivity index (χ2n) is 6.71. The van der Waals surface area contributed by atoms with Gasteiger partial charge in [0.05, 0.1) is 15.6 Å². The Labute approximate surface area is 175 Å². The van der Waals surface area contributed by atoms with Gasteiger partial charge in [-0.25, -0.2) is 9.97 Å². The van der Waals surface area contributed by atoms with E-state index in [9.17, 15) is 18.0 Å². The maximum Gasteiger partial charge on any atom is 0.451 e. The van der Waals surface area contributed by atoms with Crippen molar-refractivity contribution in [2.45, 2.75) is 24.9 Å². The van der Waals surface area contributed by atoms with E-state index in [0.29, 0.717) is 18.8 Å². The summed E-state index contributed by atoms with van der Waals surface area (Å²) in [6, 6.07) is 4.74. The Morgan fingerprint density at radius 2 is 1.86 bits per heavy atom. The highest BCUT2D eigenvalue weighted by molar-refractivity contribution is 6.43. The summed E-state index contributed by atoms with van der Waals surface area (Å²) in [5, 5.41) is 3.21. The van der Waals surface area contributed by atoms with Crippen molar-refractivity contribution < 1.29 is 22.7 Å². The Morgan fingerprint density at radius 1 is 1.21 bits per heavy atom. The van der Waals surface area contributed by atoms with Crippen LogP contribution in [0.25, 0.3) is 0 Å². The molecule has 1 aliphatic heterocycles. The number of carbonyl (C=O) groups excluding carboxylic acids is 1. The van der Waals surface area contributed by atoms with Crippen LogP contribution >= 0.6 is 23.2 Å². The molecule has 2 heterocycles. The lowest BCUT2D eigenvalue weighted by molar-refractivity contribution is -0.145. The van der Waals surface area contributed by atoms with E-state index in [1.54, 1.807) is 18.2 Å². The molecule has 1 saturated heterocycles. The molecule has 1 fully saturated rings. The van der Waals surface area contributed by atoms with Gasteiger partial charge in [0.25, 0.3) is 5.91 Å². The third-order valence-electron chi connectivity index (χ3n) is 4.87. The number of carbonyl (C=O) groups is 1. The number of nitrogens with zero attached hydrogens (tertiary/aromatic N) is 2. The van der Waals surface area contributed by atoms with Gasteiger partial charge in [-0.1, -0.05) is 29.3 Å². The molecule has 0 bridgehead atoms. The largest absolute Gasteiger partial charge is 0.451 e. The lowest BCUT2D eigenvalue weighted by Gasteiger charge is -2.30. The quantitative estimate of drug-likeness (QED) is 0.718. The molecule has 1 N–H and O–H groups in total. The Kier molecular flexibility index (Phi) is 6.97. The van der Waals surface area contributed by atoms with E-state index >= 15 is 0 Å². The number of amides is 1. The van der Waals surface area contributed by atoms with Crippen LogP contribution in [0.15, 0.2) is 30.6 Å². The fourth-order valence-electron chi connectivity index (χ4n) is 3.33. The zero-order chi connectivity index (χ0) is 21.0. The highest BCUT2D eigenvalue weighted by Gasteiger charge is 2.35. The summed E-state index contributed by atoms with van der Waals surface area (Å²) in [4.78, 5) is 19.5. The van der Waals surface area contributed by atoms with Crippen molar-refractivity contribution in [1.29, 1.82) is 0 Å². The van der Waals surface area contributed by atoms with E-state index < -0.39 is 17.9 Å². The van der Waals surface area contributed by atoms with Gasteiger partial charge in [-0.3, -0.25) is 4.79 Å². The van der Waals surface area contributed by atoms with Crippen molar-refractivity contribution in [1.82, 2.24) is 15.3 Å². The molecule has 0 spiro atoms. The van der Waals surface area contributed by atoms with Crippen molar-refractivity contribution in [2.24, 2.45) is 5.92 Å². The standard InChI is InChI=1S/C19H18Cl2F3N3O2/c20-15-3-1-2-13(16(15)21)17(28)25-10-14(11-4-6-29-7-5-11)12-8-26-18(27-9-12)19(22,23)24/h1-3,8-9,11,14H,4-7,10H2,(H,25,28)/t14-/m0/s1. The first-order chi connectivity index (χ1) is 13.8. The van der Waals surface area contributed by atoms with E-state index in [1.165, 1.54) is 12.4 Å². The molecule has 1 aromatic carbocycles. The van der Waals surface area contributed by atoms with Gasteiger partial charge < -0.3 is 10.1 Å². The molecule has 2 aromatic rings. The highest BCUT2D eigenvalue weighted by atomic mass is 35.5. The van der Waals surface area contributed by atoms with Gasteiger partial charge in [-0.2, -0.15) is 13.2 Å². The van der Waals surface area contributed by atoms with Crippen LogP contribution in [0.2, 0.25) is 10.0 Å². The number of ether oxygens (including phenoxy) is 1. The summed E-state index contributed by atoms with van der Waals surface area (Å²) in [5.41, 5.74) is 0.760. The Balaban J connectivity index is 1.79. The number of rotatable bonds is 5. The van der Waals surface area contributed by atoms with Crippen LogP contribution in [-0.2, 0) is 10.9 Å². The number of hydrogen-bond donors (Lipinski definition) is 1. The summed E-state index contributed by atoms with van der Waals surface area (Å²) in [6.07, 6.45) is -0.813. The fraction of sp³-hybridized carbons (Fsp3) is 0.421. The number of halogens is 5. The van der Waals surface area contributed by atoms with Crippen molar-refractivity contribution in [3.8, 4) is 0 Å². The number of nitrogens with one attached hydrogen (secondary N) is 1. The predicted molar refractivity (Wildman–Crippen MR) is 102 cm³/mol. The first-order valence-corrected chi connectivity index (χ1v) is 9.72. The van der Waals surface area contributed by atoms with Gasteiger partial charge in [0.1, 0.15) is 0 Å². The second kappa shape index (κ2) is 9.28. The average Bonchev–Trinajstić information content (AvgIpc) is 2.70. The molecular formula is C19H18Cl2F3N3O2. The average molecular weight is 448 g/mol. The van der Waals surface area contributed by atoms with E-state index in [-0.39, 0.29) is 34.0 Å². The summed E-state index contributed by atoms with van der Waals surface area (Å²) >= 11 is 12.0. The summed E-state index contributed by atoms with van der Waals surface area (Å²) < 4.78 is 43.7. The van der Waals surface area contributed by atoms with Crippen LogP contribution in [0, 0.1) is 5.92 Å². The molecule has 10 heteroatoms. The highest BCUT2D eigenvalue weighted by Crippen LogP contribution is 2.33. The van der Waals surface area contributed by atoms with Crippen molar-refractivity contribution in [3.63, 3.8) is 0 Å². The predicted octanol–water partition coefficient (Wildman–Crippen LogP) is 4.74. The number of aromatic nitrogens is 2. The SMILES string of the molecule is O=C(NC[C@H](c1cnc(C(F)(F)F)nc1)C1CCOCC1)c1cccc(Cl)c1Cl. The fourth-order valence-corrected chi connectivity index (χ4v) is 3.71. The molecule has 0 unspecified atom stereocenters. The lowest BCUT2D eigenvalue weighted by Crippen LogP contribution is -2.34. The van der Waals surface area contributed by atoms with E-state index in [4.69, 9.17) is 27.9 Å². The lowest BCUT2D eigenvalue weighted by atomic mass is 9.82. The van der Waals surface area contributed by atoms with Gasteiger partial charge in [0.2, 0.25) is 5.82 Å². The number of hydrogen-bond acceptors (Lipinski definition) is 4. The second-order valence-corrected chi connectivity index (χ2v) is 7.49. The molecule has 29 heavy (non-hydrogen) atoms. The third-order valence-corrected chi connectivity index (χ3v) is 5.69. The van der Waals surface area contributed by atoms with Gasteiger partial charge in [0.15, 0.2) is 0 Å². The zero-order valence-electron chi connectivity index (χ0n) is 15.2. The molecule has 3 rings (SSSR count). The third kappa shape index (κ3) is 5.38. The van der Waals surface area contributed by atoms with Gasteiger partial charge in [-0.05, 0) is 36.5 Å². The van der Waals surface area contributed by atoms with E-state index in [1.807, 2.05) is 0 Å². The van der Waals surface area contributed by atoms with E-state index in [2.05, 4.69) is 15.3 Å². The van der Waals surface area contributed by atoms with Crippen molar-refractivity contribution >= 4 is 29.1 Å². The Morgan fingerprint density at radius 3 is 2.48 bits per heavy atom. The van der Waals surface area contributed by atoms with Crippen LogP contribution in [0.5, 0.6) is 0 Å². The van der Waals surface area contributed by atoms with Crippen LogP contribution < -0.4 is 5.32 Å². The maximum absolute atomic E-state index is 12.8. The van der Waals surface area contributed by atoms with Gasteiger partial charge in [-0.15, -0.1) is 0 Å². The maximum atomic E-state index is 12.8. The molecule has 0 radical (unpaired) electrons. The first kappa shape index (κ1) is 21.8. The first-order valence-electron chi connectivity index (χ1n) is 8.96. The number of benzene rings is 1.